The molecule has 15 heavy (non-hydrogen) atoms. The summed E-state index contributed by atoms with van der Waals surface area (Å²) < 4.78 is 1.92. The van der Waals surface area contributed by atoms with Crippen molar-refractivity contribution in [1.82, 2.24) is 15.1 Å². The predicted octanol–water partition coefficient (Wildman–Crippen LogP) is 2.25. The zero-order chi connectivity index (χ0) is 11.3. The maximum absolute atomic E-state index is 4.22. The third-order valence-corrected chi connectivity index (χ3v) is 2.79. The first kappa shape index (κ1) is 12.2. The van der Waals surface area contributed by atoms with Crippen molar-refractivity contribution in [3.63, 3.8) is 0 Å². The van der Waals surface area contributed by atoms with Gasteiger partial charge in [0.2, 0.25) is 0 Å². The third kappa shape index (κ3) is 4.04. The minimum Gasteiger partial charge on any atom is -0.313 e. The van der Waals surface area contributed by atoms with Gasteiger partial charge in [0.1, 0.15) is 0 Å². The van der Waals surface area contributed by atoms with Crippen LogP contribution in [-0.4, -0.2) is 16.3 Å². The summed E-state index contributed by atoms with van der Waals surface area (Å²) in [5.74, 6) is 0.812. The van der Waals surface area contributed by atoms with Gasteiger partial charge in [-0.1, -0.05) is 13.8 Å². The Morgan fingerprint density at radius 1 is 1.47 bits per heavy atom. The summed E-state index contributed by atoms with van der Waals surface area (Å²) in [6, 6.07) is 0. The Bertz CT molecular complexity index is 289. The molecule has 1 rings (SSSR count). The maximum atomic E-state index is 4.22. The highest BCUT2D eigenvalue weighted by atomic mass is 15.3. The lowest BCUT2D eigenvalue weighted by Crippen LogP contribution is -2.15. The van der Waals surface area contributed by atoms with Gasteiger partial charge in [0, 0.05) is 24.8 Å². The Kier molecular flexibility index (Phi) is 4.82. The summed E-state index contributed by atoms with van der Waals surface area (Å²) >= 11 is 0. The fraction of sp³-hybridized carbons (Fsp3) is 0.750. The molecule has 3 heteroatoms. The average Bonchev–Trinajstić information content (AvgIpc) is 2.48. The van der Waals surface area contributed by atoms with E-state index in [0.29, 0.717) is 0 Å². The highest BCUT2D eigenvalue weighted by molar-refractivity contribution is 5.15. The minimum absolute atomic E-state index is 0.812. The smallest absolute Gasteiger partial charge is 0.0537 e. The van der Waals surface area contributed by atoms with Crippen LogP contribution >= 0.6 is 0 Å². The summed E-state index contributed by atoms with van der Waals surface area (Å²) in [5, 5.41) is 7.68. The van der Waals surface area contributed by atoms with Crippen LogP contribution in [0.3, 0.4) is 0 Å². The molecular weight excluding hydrogens is 186 g/mol. The number of nitrogens with zero attached hydrogens (tertiary/aromatic N) is 2. The Morgan fingerprint density at radius 2 is 2.20 bits per heavy atom. The van der Waals surface area contributed by atoms with Crippen molar-refractivity contribution >= 4 is 0 Å². The molecule has 0 aliphatic carbocycles. The molecule has 3 nitrogen and oxygen atoms in total. The molecule has 0 amide bonds. The molecule has 0 spiro atoms. The van der Waals surface area contributed by atoms with Gasteiger partial charge in [0.25, 0.3) is 0 Å². The van der Waals surface area contributed by atoms with E-state index in [1.165, 1.54) is 24.1 Å². The van der Waals surface area contributed by atoms with Crippen LogP contribution in [-0.2, 0) is 13.6 Å². The Morgan fingerprint density at radius 3 is 2.73 bits per heavy atom. The summed E-state index contributed by atoms with van der Waals surface area (Å²) in [5.41, 5.74) is 2.56. The first-order chi connectivity index (χ1) is 7.11. The zero-order valence-corrected chi connectivity index (χ0v) is 10.4. The number of aromatic nitrogens is 2. The van der Waals surface area contributed by atoms with Crippen molar-refractivity contribution in [2.75, 3.05) is 6.54 Å². The number of rotatable bonds is 6. The summed E-state index contributed by atoms with van der Waals surface area (Å²) in [4.78, 5) is 0. The number of aryl methyl sites for hydroxylation is 1. The topological polar surface area (TPSA) is 29.9 Å². The second-order valence-electron chi connectivity index (χ2n) is 4.59. The van der Waals surface area contributed by atoms with Gasteiger partial charge in [-0.15, -0.1) is 0 Å². The van der Waals surface area contributed by atoms with E-state index in [2.05, 4.69) is 31.2 Å². The number of hydrogen-bond acceptors (Lipinski definition) is 2. The summed E-state index contributed by atoms with van der Waals surface area (Å²) in [6.45, 7) is 8.69. The van der Waals surface area contributed by atoms with Crippen LogP contribution < -0.4 is 5.32 Å². The Labute approximate surface area is 92.9 Å². The molecule has 1 N–H and O–H groups in total. The molecular formula is C12H23N3. The van der Waals surface area contributed by atoms with Gasteiger partial charge < -0.3 is 5.32 Å². The Hall–Kier alpha value is -0.830. The largest absolute Gasteiger partial charge is 0.313 e. The average molecular weight is 209 g/mol. The second kappa shape index (κ2) is 5.91. The summed E-state index contributed by atoms with van der Waals surface area (Å²) in [6.07, 6.45) is 4.51. The third-order valence-electron chi connectivity index (χ3n) is 2.79. The van der Waals surface area contributed by atoms with E-state index in [0.717, 1.165) is 19.0 Å². The predicted molar refractivity (Wildman–Crippen MR) is 63.7 cm³/mol. The van der Waals surface area contributed by atoms with Gasteiger partial charge in [-0.25, -0.2) is 0 Å². The molecule has 0 unspecified atom stereocenters. The van der Waals surface area contributed by atoms with E-state index in [4.69, 9.17) is 0 Å². The second-order valence-corrected chi connectivity index (χ2v) is 4.59. The first-order valence-electron chi connectivity index (χ1n) is 5.79. The van der Waals surface area contributed by atoms with Crippen LogP contribution in [0.2, 0.25) is 0 Å². The molecule has 0 saturated carbocycles. The van der Waals surface area contributed by atoms with Crippen molar-refractivity contribution in [2.45, 2.75) is 40.2 Å². The van der Waals surface area contributed by atoms with Crippen LogP contribution in [0, 0.1) is 12.8 Å². The van der Waals surface area contributed by atoms with Gasteiger partial charge in [0.05, 0.1) is 6.20 Å². The van der Waals surface area contributed by atoms with Crippen LogP contribution in [0.25, 0.3) is 0 Å². The zero-order valence-electron chi connectivity index (χ0n) is 10.4. The lowest BCUT2D eigenvalue weighted by molar-refractivity contribution is 0.527. The number of nitrogens with one attached hydrogen (secondary N) is 1. The van der Waals surface area contributed by atoms with E-state index in [-0.39, 0.29) is 0 Å². The molecule has 0 fully saturated rings. The highest BCUT2D eigenvalue weighted by Crippen LogP contribution is 2.05. The molecule has 0 aliphatic heterocycles. The molecule has 0 bridgehead atoms. The van der Waals surface area contributed by atoms with Crippen molar-refractivity contribution in [2.24, 2.45) is 13.0 Å². The molecule has 0 aromatic carbocycles. The van der Waals surface area contributed by atoms with Gasteiger partial charge in [0.15, 0.2) is 0 Å². The van der Waals surface area contributed by atoms with Crippen LogP contribution in [0.1, 0.15) is 37.9 Å². The van der Waals surface area contributed by atoms with Gasteiger partial charge >= 0.3 is 0 Å². The van der Waals surface area contributed by atoms with Gasteiger partial charge in [-0.3, -0.25) is 4.68 Å². The minimum atomic E-state index is 0.812. The quantitative estimate of drug-likeness (QED) is 0.728. The van der Waals surface area contributed by atoms with E-state index in [9.17, 15) is 0 Å². The van der Waals surface area contributed by atoms with E-state index in [1.807, 2.05) is 17.9 Å². The van der Waals surface area contributed by atoms with Crippen molar-refractivity contribution < 1.29 is 0 Å². The van der Waals surface area contributed by atoms with Gasteiger partial charge in [-0.2, -0.15) is 5.10 Å². The fourth-order valence-corrected chi connectivity index (χ4v) is 1.58. The van der Waals surface area contributed by atoms with Crippen LogP contribution in [0.4, 0.5) is 0 Å². The standard InChI is InChI=1S/C12H23N3/c1-10(2)6-5-7-13-8-12-9-14-15(4)11(12)3/h9-10,13H,5-8H2,1-4H3. The lowest BCUT2D eigenvalue weighted by Gasteiger charge is -2.06. The van der Waals surface area contributed by atoms with Crippen LogP contribution in [0.5, 0.6) is 0 Å². The highest BCUT2D eigenvalue weighted by Gasteiger charge is 2.02. The summed E-state index contributed by atoms with van der Waals surface area (Å²) in [7, 11) is 1.98. The molecule has 0 aliphatic rings. The van der Waals surface area contributed by atoms with Crippen molar-refractivity contribution in [1.29, 1.82) is 0 Å². The van der Waals surface area contributed by atoms with E-state index < -0.39 is 0 Å². The van der Waals surface area contributed by atoms with E-state index in [1.54, 1.807) is 0 Å². The molecule has 1 aromatic heterocycles. The molecule has 1 aromatic rings. The molecule has 0 saturated heterocycles. The Balaban J connectivity index is 2.18. The van der Waals surface area contributed by atoms with Crippen molar-refractivity contribution in [3.8, 4) is 0 Å². The fourth-order valence-electron chi connectivity index (χ4n) is 1.58. The molecule has 0 atom stereocenters. The molecule has 86 valence electrons. The molecule has 1 heterocycles. The first-order valence-corrected chi connectivity index (χ1v) is 5.79. The lowest BCUT2D eigenvalue weighted by atomic mass is 10.1. The van der Waals surface area contributed by atoms with Crippen LogP contribution in [0.15, 0.2) is 6.20 Å². The number of hydrogen-bond donors (Lipinski definition) is 1. The van der Waals surface area contributed by atoms with Gasteiger partial charge in [-0.05, 0) is 32.2 Å². The molecule has 0 radical (unpaired) electrons. The SMILES string of the molecule is Cc1c(CNCCCC(C)C)cnn1C. The van der Waals surface area contributed by atoms with Crippen molar-refractivity contribution in [3.05, 3.63) is 17.5 Å². The normalized spacial score (nSPS) is 11.3. The maximum Gasteiger partial charge on any atom is 0.0537 e. The monoisotopic (exact) mass is 209 g/mol. The van der Waals surface area contributed by atoms with E-state index >= 15 is 0 Å².